The number of benzene rings is 1. The first kappa shape index (κ1) is 13.8. The first-order valence-corrected chi connectivity index (χ1v) is 7.10. The van der Waals surface area contributed by atoms with Crippen LogP contribution in [0.1, 0.15) is 20.7 Å². The van der Waals surface area contributed by atoms with Gasteiger partial charge in [-0.3, -0.25) is 9.59 Å². The molecule has 0 aliphatic carbocycles. The Balaban J connectivity index is 1.85. The van der Waals surface area contributed by atoms with Crippen LogP contribution in [0.25, 0.3) is 0 Å². The van der Waals surface area contributed by atoms with Crippen LogP contribution in [0.5, 0.6) is 0 Å². The molecule has 2 heterocycles. The molecule has 2 aliphatic heterocycles. The summed E-state index contributed by atoms with van der Waals surface area (Å²) in [6.45, 7) is 3.22. The second-order valence-corrected chi connectivity index (χ2v) is 5.69. The monoisotopic (exact) mass is 315 g/mol. The standard InChI is InChI=1S/C13H12Cl2N2O3/c14-10-5-8-9(6-11(10)15)13(19)17(12(8)18)7-16-1-3-20-4-2-16/h5-6H,1-4,7H2/p+1. The zero-order chi connectivity index (χ0) is 14.3. The molecule has 1 fully saturated rings. The van der Waals surface area contributed by atoms with Crippen molar-refractivity contribution in [3.8, 4) is 0 Å². The number of hydrogen-bond acceptors (Lipinski definition) is 3. The lowest BCUT2D eigenvalue weighted by molar-refractivity contribution is -0.915. The van der Waals surface area contributed by atoms with Gasteiger partial charge in [-0.15, -0.1) is 0 Å². The molecule has 1 aromatic carbocycles. The molecule has 0 bridgehead atoms. The maximum absolute atomic E-state index is 12.3. The first-order chi connectivity index (χ1) is 9.58. The summed E-state index contributed by atoms with van der Waals surface area (Å²) in [5.74, 6) is -0.606. The molecular formula is C13H13Cl2N2O3+. The average Bonchev–Trinajstić information content (AvgIpc) is 2.66. The van der Waals surface area contributed by atoms with Gasteiger partial charge >= 0.3 is 0 Å². The zero-order valence-electron chi connectivity index (χ0n) is 10.6. The number of nitrogens with one attached hydrogen (secondary N) is 1. The molecule has 20 heavy (non-hydrogen) atoms. The van der Waals surface area contributed by atoms with Crippen LogP contribution < -0.4 is 4.90 Å². The van der Waals surface area contributed by atoms with Crippen LogP contribution in [0, 0.1) is 0 Å². The highest BCUT2D eigenvalue weighted by Crippen LogP contribution is 2.30. The van der Waals surface area contributed by atoms with E-state index in [0.29, 0.717) is 31.0 Å². The van der Waals surface area contributed by atoms with Crippen LogP contribution in [-0.4, -0.2) is 49.7 Å². The van der Waals surface area contributed by atoms with Gasteiger partial charge in [0.05, 0.1) is 34.4 Å². The van der Waals surface area contributed by atoms with E-state index >= 15 is 0 Å². The van der Waals surface area contributed by atoms with Crippen LogP contribution in [0.15, 0.2) is 12.1 Å². The number of halogens is 2. The van der Waals surface area contributed by atoms with Crippen molar-refractivity contribution in [1.29, 1.82) is 0 Å². The first-order valence-electron chi connectivity index (χ1n) is 6.34. The minimum absolute atomic E-state index is 0.284. The molecule has 0 spiro atoms. The lowest BCUT2D eigenvalue weighted by atomic mass is 10.1. The number of quaternary nitrogens is 1. The number of amides is 2. The number of imide groups is 1. The normalized spacial score (nSPS) is 19.6. The van der Waals surface area contributed by atoms with E-state index in [9.17, 15) is 9.59 Å². The van der Waals surface area contributed by atoms with Gasteiger partial charge in [-0.05, 0) is 12.1 Å². The number of fused-ring (bicyclic) bond motifs is 1. The van der Waals surface area contributed by atoms with E-state index in [1.165, 1.54) is 17.0 Å². The number of carbonyl (C=O) groups excluding carboxylic acids is 2. The predicted molar refractivity (Wildman–Crippen MR) is 73.3 cm³/mol. The number of hydrogen-bond donors (Lipinski definition) is 1. The average molecular weight is 316 g/mol. The van der Waals surface area contributed by atoms with E-state index in [1.54, 1.807) is 0 Å². The molecule has 106 valence electrons. The fraction of sp³-hybridized carbons (Fsp3) is 0.385. The Morgan fingerprint density at radius 2 is 1.55 bits per heavy atom. The van der Waals surface area contributed by atoms with Gasteiger partial charge in [0.1, 0.15) is 13.1 Å². The van der Waals surface area contributed by atoms with Gasteiger partial charge in [0.15, 0.2) is 6.67 Å². The van der Waals surface area contributed by atoms with Crippen molar-refractivity contribution >= 4 is 35.0 Å². The van der Waals surface area contributed by atoms with Crippen molar-refractivity contribution in [1.82, 2.24) is 4.90 Å². The minimum atomic E-state index is -0.303. The van der Waals surface area contributed by atoms with Crippen molar-refractivity contribution in [2.24, 2.45) is 0 Å². The van der Waals surface area contributed by atoms with Crippen molar-refractivity contribution in [2.45, 2.75) is 0 Å². The third-order valence-corrected chi connectivity index (χ3v) is 4.32. The molecule has 1 aromatic rings. The maximum Gasteiger partial charge on any atom is 0.266 e. The SMILES string of the molecule is O=C1c2cc(Cl)c(Cl)cc2C(=O)N1C[NH+]1CCOCC1. The zero-order valence-corrected chi connectivity index (χ0v) is 12.1. The number of ether oxygens (including phenoxy) is 1. The molecule has 1 N–H and O–H groups in total. The van der Waals surface area contributed by atoms with Crippen molar-refractivity contribution in [3.63, 3.8) is 0 Å². The number of rotatable bonds is 2. The topological polar surface area (TPSA) is 51.0 Å². The van der Waals surface area contributed by atoms with Crippen LogP contribution in [0.3, 0.4) is 0 Å². The molecule has 3 rings (SSSR count). The van der Waals surface area contributed by atoms with Crippen molar-refractivity contribution in [2.75, 3.05) is 33.0 Å². The van der Waals surface area contributed by atoms with Crippen LogP contribution >= 0.6 is 23.2 Å². The van der Waals surface area contributed by atoms with Crippen LogP contribution in [0.4, 0.5) is 0 Å². The Hall–Kier alpha value is -1.14. The number of nitrogens with zero attached hydrogens (tertiary/aromatic N) is 1. The van der Waals surface area contributed by atoms with E-state index in [2.05, 4.69) is 0 Å². The third-order valence-electron chi connectivity index (χ3n) is 3.59. The Kier molecular flexibility index (Phi) is 3.69. The summed E-state index contributed by atoms with van der Waals surface area (Å²) in [5.41, 5.74) is 0.661. The summed E-state index contributed by atoms with van der Waals surface area (Å²) < 4.78 is 5.27. The van der Waals surface area contributed by atoms with Gasteiger partial charge < -0.3 is 9.64 Å². The molecule has 0 atom stereocenters. The Morgan fingerprint density at radius 1 is 1.05 bits per heavy atom. The second kappa shape index (κ2) is 5.33. The summed E-state index contributed by atoms with van der Waals surface area (Å²) >= 11 is 11.8. The number of carbonyl (C=O) groups is 2. The number of morpholine rings is 1. The van der Waals surface area contributed by atoms with Crippen molar-refractivity contribution < 1.29 is 19.2 Å². The van der Waals surface area contributed by atoms with Gasteiger partial charge in [0.2, 0.25) is 0 Å². The van der Waals surface area contributed by atoms with E-state index in [4.69, 9.17) is 27.9 Å². The quantitative estimate of drug-likeness (QED) is 0.807. The molecule has 5 nitrogen and oxygen atoms in total. The molecule has 0 saturated carbocycles. The molecule has 1 saturated heterocycles. The van der Waals surface area contributed by atoms with Gasteiger partial charge in [0, 0.05) is 0 Å². The Morgan fingerprint density at radius 3 is 2.05 bits per heavy atom. The summed E-state index contributed by atoms with van der Waals surface area (Å²) in [6.07, 6.45) is 0. The predicted octanol–water partition coefficient (Wildman–Crippen LogP) is 0.462. The summed E-state index contributed by atoms with van der Waals surface area (Å²) in [7, 11) is 0. The summed E-state index contributed by atoms with van der Waals surface area (Å²) in [5, 5.41) is 0.569. The van der Waals surface area contributed by atoms with Gasteiger partial charge in [0.25, 0.3) is 11.8 Å². The molecule has 0 unspecified atom stereocenters. The van der Waals surface area contributed by atoms with Gasteiger partial charge in [-0.2, -0.15) is 0 Å². The largest absolute Gasteiger partial charge is 0.370 e. The van der Waals surface area contributed by atoms with E-state index in [-0.39, 0.29) is 21.9 Å². The molecule has 2 amide bonds. The van der Waals surface area contributed by atoms with E-state index in [0.717, 1.165) is 18.0 Å². The summed E-state index contributed by atoms with van der Waals surface area (Å²) in [4.78, 5) is 27.0. The van der Waals surface area contributed by atoms with E-state index in [1.807, 2.05) is 0 Å². The lowest BCUT2D eigenvalue weighted by Gasteiger charge is -2.26. The minimum Gasteiger partial charge on any atom is -0.370 e. The fourth-order valence-corrected chi connectivity index (χ4v) is 2.80. The Labute approximate surface area is 126 Å². The van der Waals surface area contributed by atoms with Gasteiger partial charge in [-0.1, -0.05) is 23.2 Å². The molecular weight excluding hydrogens is 303 g/mol. The van der Waals surface area contributed by atoms with Crippen LogP contribution in [-0.2, 0) is 4.74 Å². The van der Waals surface area contributed by atoms with Gasteiger partial charge in [-0.25, -0.2) is 4.90 Å². The molecule has 0 radical (unpaired) electrons. The van der Waals surface area contributed by atoms with E-state index < -0.39 is 0 Å². The molecule has 2 aliphatic rings. The smallest absolute Gasteiger partial charge is 0.266 e. The van der Waals surface area contributed by atoms with Crippen molar-refractivity contribution in [3.05, 3.63) is 33.3 Å². The third kappa shape index (κ3) is 2.31. The molecule has 0 aromatic heterocycles. The Bertz CT molecular complexity index is 544. The molecule has 7 heteroatoms. The van der Waals surface area contributed by atoms with Crippen LogP contribution in [0.2, 0.25) is 10.0 Å². The maximum atomic E-state index is 12.3. The highest BCUT2D eigenvalue weighted by molar-refractivity contribution is 6.43. The second-order valence-electron chi connectivity index (χ2n) is 4.87. The highest BCUT2D eigenvalue weighted by atomic mass is 35.5. The fourth-order valence-electron chi connectivity index (χ4n) is 2.47. The lowest BCUT2D eigenvalue weighted by Crippen LogP contribution is -3.15. The highest BCUT2D eigenvalue weighted by Gasteiger charge is 2.38. The summed E-state index contributed by atoms with van der Waals surface area (Å²) in [6, 6.07) is 2.93.